The molecule has 0 aromatic rings. The van der Waals surface area contributed by atoms with Crippen LogP contribution in [0.25, 0.3) is 0 Å². The van der Waals surface area contributed by atoms with Crippen LogP contribution in [-0.4, -0.2) is 53.1 Å². The Kier molecular flexibility index (Phi) is 11.1. The summed E-state index contributed by atoms with van der Waals surface area (Å²) in [5.74, 6) is -3.33. The van der Waals surface area contributed by atoms with Crippen molar-refractivity contribution >= 4 is 29.2 Å². The maximum absolute atomic E-state index is 13.8. The summed E-state index contributed by atoms with van der Waals surface area (Å²) < 4.78 is 5.25. The molecule has 3 fully saturated rings. The molecule has 0 unspecified atom stereocenters. The molecule has 7 atom stereocenters. The highest BCUT2D eigenvalue weighted by Gasteiger charge is 2.61. The van der Waals surface area contributed by atoms with Crippen LogP contribution in [0.4, 0.5) is 0 Å². The van der Waals surface area contributed by atoms with Crippen LogP contribution in [0.2, 0.25) is 0 Å². The van der Waals surface area contributed by atoms with Crippen LogP contribution in [0, 0.1) is 40.4 Å². The van der Waals surface area contributed by atoms with Gasteiger partial charge in [0.05, 0.1) is 24.2 Å². The maximum atomic E-state index is 13.8. The number of carbonyl (C=O) groups excluding carboxylic acids is 5. The van der Waals surface area contributed by atoms with E-state index in [1.165, 1.54) is 0 Å². The number of carbonyl (C=O) groups is 5. The predicted molar refractivity (Wildman–Crippen MR) is 156 cm³/mol. The first kappa shape index (κ1) is 33.2. The molecule has 230 valence electrons. The van der Waals surface area contributed by atoms with Crippen LogP contribution in [0.5, 0.6) is 0 Å². The molecule has 3 rings (SSSR count). The van der Waals surface area contributed by atoms with Gasteiger partial charge in [-0.05, 0) is 56.3 Å². The molecule has 8 nitrogen and oxygen atoms in total. The highest BCUT2D eigenvalue weighted by Crippen LogP contribution is 2.58. The van der Waals surface area contributed by atoms with E-state index >= 15 is 0 Å². The van der Waals surface area contributed by atoms with Crippen LogP contribution < -0.4 is 5.32 Å². The molecule has 2 N–H and O–H groups in total. The number of amides is 1. The Morgan fingerprint density at radius 3 is 2.15 bits per heavy atom. The highest BCUT2D eigenvalue weighted by atomic mass is 16.5. The molecule has 0 saturated heterocycles. The van der Waals surface area contributed by atoms with E-state index < -0.39 is 46.7 Å². The topological polar surface area (TPSA) is 127 Å². The maximum Gasteiger partial charge on any atom is 0.313 e. The summed E-state index contributed by atoms with van der Waals surface area (Å²) in [6, 6.07) is -0.550. The van der Waals surface area contributed by atoms with Gasteiger partial charge in [0.1, 0.15) is 11.6 Å². The lowest BCUT2D eigenvalue weighted by Gasteiger charge is -2.35. The van der Waals surface area contributed by atoms with Gasteiger partial charge in [0.25, 0.3) is 0 Å². The van der Waals surface area contributed by atoms with Crippen LogP contribution >= 0.6 is 0 Å². The second-order valence-corrected chi connectivity index (χ2v) is 13.7. The zero-order valence-electron chi connectivity index (χ0n) is 25.7. The van der Waals surface area contributed by atoms with Crippen molar-refractivity contribution in [2.75, 3.05) is 6.61 Å². The van der Waals surface area contributed by atoms with Crippen LogP contribution in [0.3, 0.4) is 0 Å². The molecule has 3 aliphatic carbocycles. The van der Waals surface area contributed by atoms with Crippen LogP contribution in [0.15, 0.2) is 12.7 Å². The molecule has 3 saturated carbocycles. The molecular weight excluding hydrogens is 522 g/mol. The van der Waals surface area contributed by atoms with Crippen molar-refractivity contribution in [1.29, 1.82) is 0 Å². The van der Waals surface area contributed by atoms with E-state index in [1.54, 1.807) is 13.0 Å². The van der Waals surface area contributed by atoms with Gasteiger partial charge in [-0.15, -0.1) is 6.58 Å². The fourth-order valence-electron chi connectivity index (χ4n) is 7.14. The lowest BCUT2D eigenvalue weighted by Crippen LogP contribution is -2.50. The van der Waals surface area contributed by atoms with Gasteiger partial charge in [0, 0.05) is 37.0 Å². The van der Waals surface area contributed by atoms with Gasteiger partial charge in [-0.1, -0.05) is 53.0 Å². The first-order valence-electron chi connectivity index (χ1n) is 15.6. The molecule has 0 aromatic carbocycles. The number of allylic oxidation sites excluding steroid dienone is 1. The van der Waals surface area contributed by atoms with Crippen molar-refractivity contribution in [3.05, 3.63) is 12.7 Å². The fraction of sp³-hybridized carbons (Fsp3) is 0.788. The van der Waals surface area contributed by atoms with Crippen molar-refractivity contribution < 1.29 is 33.8 Å². The first-order chi connectivity index (χ1) is 19.3. The summed E-state index contributed by atoms with van der Waals surface area (Å²) in [6.07, 6.45) is 6.92. The molecule has 41 heavy (non-hydrogen) atoms. The average molecular weight is 574 g/mol. The van der Waals surface area contributed by atoms with Crippen molar-refractivity contribution in [3.8, 4) is 0 Å². The van der Waals surface area contributed by atoms with Gasteiger partial charge in [-0.2, -0.15) is 0 Å². The quantitative estimate of drug-likeness (QED) is 0.227. The molecule has 0 aliphatic heterocycles. The van der Waals surface area contributed by atoms with E-state index in [0.29, 0.717) is 12.8 Å². The number of nitrogens with one attached hydrogen (secondary N) is 1. The lowest BCUT2D eigenvalue weighted by atomic mass is 9.73. The minimum atomic E-state index is -0.941. The Hall–Kier alpha value is -2.35. The van der Waals surface area contributed by atoms with Crippen molar-refractivity contribution in [3.63, 3.8) is 0 Å². The normalized spacial score (nSPS) is 29.7. The standard InChI is InChI=1S/C33H51NO7/c1-7-21-18-33(21,31(40)41-9-3)19-28(38)24-16-22(35)15-23(24)27(37)17-25(32(4,5)6)30(39)34-29(26(36)8-2)20-13-11-10-12-14-20/h7,20-25,29,35H,1,8-19H2,2-6H3,(H,34,39)/t21-,22-,23-,24-,25-,29+,33-/m1/s1. The predicted octanol–water partition coefficient (Wildman–Crippen LogP) is 4.75. The average Bonchev–Trinajstić information content (AvgIpc) is 3.51. The third-order valence-electron chi connectivity index (χ3n) is 9.84. The molecular formula is C33H51NO7. The number of hydrogen-bond acceptors (Lipinski definition) is 7. The van der Waals surface area contributed by atoms with Gasteiger partial charge in [0.2, 0.25) is 5.91 Å². The van der Waals surface area contributed by atoms with Crippen molar-refractivity contribution in [2.45, 2.75) is 117 Å². The SMILES string of the molecule is C=C[C@@H]1C[C@]1(CC(=O)[C@@H]1C[C@H](O)C[C@H]1C(=O)C[C@H](C(=O)N[C@H](C(=O)CC)C1CCCCC1)C(C)(C)C)C(=O)OCC. The Morgan fingerprint density at radius 2 is 1.63 bits per heavy atom. The monoisotopic (exact) mass is 573 g/mol. The minimum Gasteiger partial charge on any atom is -0.466 e. The molecule has 0 bridgehead atoms. The second-order valence-electron chi connectivity index (χ2n) is 13.7. The van der Waals surface area contributed by atoms with Gasteiger partial charge in [-0.3, -0.25) is 24.0 Å². The highest BCUT2D eigenvalue weighted by molar-refractivity contribution is 5.96. The summed E-state index contributed by atoms with van der Waals surface area (Å²) in [5.41, 5.74) is -1.51. The molecule has 0 spiro atoms. The smallest absolute Gasteiger partial charge is 0.313 e. The lowest BCUT2D eigenvalue weighted by molar-refractivity contribution is -0.152. The molecule has 3 aliphatic rings. The summed E-state index contributed by atoms with van der Waals surface area (Å²) >= 11 is 0. The van der Waals surface area contributed by atoms with E-state index in [1.807, 2.05) is 27.7 Å². The van der Waals surface area contributed by atoms with Gasteiger partial charge < -0.3 is 15.2 Å². The minimum absolute atomic E-state index is 0.0160. The van der Waals surface area contributed by atoms with E-state index in [4.69, 9.17) is 4.74 Å². The summed E-state index contributed by atoms with van der Waals surface area (Å²) in [7, 11) is 0. The molecule has 8 heteroatoms. The Balaban J connectivity index is 1.75. The zero-order valence-corrected chi connectivity index (χ0v) is 25.7. The number of esters is 1. The van der Waals surface area contributed by atoms with E-state index in [9.17, 15) is 29.1 Å². The van der Waals surface area contributed by atoms with Crippen molar-refractivity contribution in [2.24, 2.45) is 40.4 Å². The van der Waals surface area contributed by atoms with Crippen LogP contribution in [-0.2, 0) is 28.7 Å². The van der Waals surface area contributed by atoms with Gasteiger partial charge in [0.15, 0.2) is 5.78 Å². The number of ketones is 3. The van der Waals surface area contributed by atoms with E-state index in [2.05, 4.69) is 11.9 Å². The Bertz CT molecular complexity index is 1010. The summed E-state index contributed by atoms with van der Waals surface area (Å²) in [5, 5.41) is 13.5. The van der Waals surface area contributed by atoms with Crippen molar-refractivity contribution in [1.82, 2.24) is 5.32 Å². The Labute approximate surface area is 245 Å². The van der Waals surface area contributed by atoms with Crippen LogP contribution in [0.1, 0.15) is 105 Å². The largest absolute Gasteiger partial charge is 0.466 e. The molecule has 0 aromatic heterocycles. The number of rotatable bonds is 14. The number of hydrogen-bond donors (Lipinski definition) is 2. The number of aliphatic hydroxyl groups excluding tert-OH is 1. The summed E-state index contributed by atoms with van der Waals surface area (Å²) in [4.78, 5) is 66.6. The fourth-order valence-corrected chi connectivity index (χ4v) is 7.14. The number of Topliss-reactive ketones (excluding diaryl/α,β-unsaturated/α-hetero) is 3. The third-order valence-corrected chi connectivity index (χ3v) is 9.84. The first-order valence-corrected chi connectivity index (χ1v) is 15.6. The molecule has 0 heterocycles. The second kappa shape index (κ2) is 13.7. The third kappa shape index (κ3) is 7.74. The summed E-state index contributed by atoms with van der Waals surface area (Å²) in [6.45, 7) is 13.2. The number of ether oxygens (including phenoxy) is 1. The van der Waals surface area contributed by atoms with E-state index in [0.717, 1.165) is 32.1 Å². The van der Waals surface area contributed by atoms with E-state index in [-0.39, 0.29) is 67.4 Å². The van der Waals surface area contributed by atoms with Gasteiger partial charge in [-0.25, -0.2) is 0 Å². The zero-order chi connectivity index (χ0) is 30.5. The number of aliphatic hydroxyl groups is 1. The Morgan fingerprint density at radius 1 is 1.02 bits per heavy atom. The van der Waals surface area contributed by atoms with Gasteiger partial charge >= 0.3 is 5.97 Å². The molecule has 0 radical (unpaired) electrons. The molecule has 1 amide bonds.